The number of likely N-dealkylation sites (tertiary alicyclic amines) is 1. The lowest BCUT2D eigenvalue weighted by molar-refractivity contribution is -0.0168. The summed E-state index contributed by atoms with van der Waals surface area (Å²) in [6.45, 7) is 10.8. The monoisotopic (exact) mass is 477 g/mol. The molecule has 35 heavy (non-hydrogen) atoms. The molecule has 1 N–H and O–H groups in total. The predicted molar refractivity (Wildman–Crippen MR) is 139 cm³/mol. The van der Waals surface area contributed by atoms with Crippen molar-refractivity contribution in [2.24, 2.45) is 0 Å². The summed E-state index contributed by atoms with van der Waals surface area (Å²) in [5.74, 6) is 3.20. The molecule has 2 aromatic carbocycles. The van der Waals surface area contributed by atoms with Crippen LogP contribution in [0.1, 0.15) is 56.0 Å². The molecule has 6 heteroatoms. The van der Waals surface area contributed by atoms with Crippen LogP contribution in [0.25, 0.3) is 0 Å². The first-order valence-corrected chi connectivity index (χ1v) is 12.8. The standard InChI is InChI=1S/C29H39N3O3/c1-23(2)28-30-15-18-32(28)19-20-34-26-11-7-25(8-12-26)21-31-16-4-13-29(33,14-17-31)22-35-27-9-5-24(3)6-10-27/h5-12,15,18,23,33H,4,13-14,16-17,19-22H2,1-3H3/t29-/m0/s1. The second-order valence-electron chi connectivity index (χ2n) is 10.1. The number of rotatable bonds is 10. The average molecular weight is 478 g/mol. The van der Waals surface area contributed by atoms with Crippen LogP contribution in [0.5, 0.6) is 11.5 Å². The summed E-state index contributed by atoms with van der Waals surface area (Å²) >= 11 is 0. The van der Waals surface area contributed by atoms with Crippen LogP contribution in [0.2, 0.25) is 0 Å². The third-order valence-corrected chi connectivity index (χ3v) is 6.73. The first-order chi connectivity index (χ1) is 16.9. The molecule has 1 fully saturated rings. The molecule has 0 radical (unpaired) electrons. The minimum Gasteiger partial charge on any atom is -0.492 e. The van der Waals surface area contributed by atoms with E-state index in [0.29, 0.717) is 25.6 Å². The van der Waals surface area contributed by atoms with Gasteiger partial charge in [-0.15, -0.1) is 0 Å². The fraction of sp³-hybridized carbons (Fsp3) is 0.483. The van der Waals surface area contributed by atoms with Crippen LogP contribution in [0.4, 0.5) is 0 Å². The van der Waals surface area contributed by atoms with E-state index in [1.807, 2.05) is 36.7 Å². The second kappa shape index (κ2) is 11.7. The van der Waals surface area contributed by atoms with Crippen LogP contribution in [-0.4, -0.2) is 51.5 Å². The van der Waals surface area contributed by atoms with Crippen molar-refractivity contribution in [1.82, 2.24) is 14.5 Å². The maximum Gasteiger partial charge on any atom is 0.119 e. The molecule has 0 aliphatic carbocycles. The fourth-order valence-corrected chi connectivity index (χ4v) is 4.61. The van der Waals surface area contributed by atoms with Crippen molar-refractivity contribution in [3.8, 4) is 11.5 Å². The van der Waals surface area contributed by atoms with Gasteiger partial charge in [-0.25, -0.2) is 4.98 Å². The molecule has 3 aromatic rings. The summed E-state index contributed by atoms with van der Waals surface area (Å²) in [5.41, 5.74) is 1.69. The molecule has 0 spiro atoms. The van der Waals surface area contributed by atoms with Gasteiger partial charge in [0.05, 0.1) is 12.1 Å². The Kier molecular flexibility index (Phi) is 8.47. The van der Waals surface area contributed by atoms with Crippen LogP contribution in [-0.2, 0) is 13.1 Å². The number of aliphatic hydroxyl groups is 1. The topological polar surface area (TPSA) is 59.8 Å². The Hall–Kier alpha value is -2.83. The number of aromatic nitrogens is 2. The zero-order chi connectivity index (χ0) is 24.7. The van der Waals surface area contributed by atoms with Crippen LogP contribution in [0.15, 0.2) is 60.9 Å². The van der Waals surface area contributed by atoms with Gasteiger partial charge in [0.15, 0.2) is 0 Å². The summed E-state index contributed by atoms with van der Waals surface area (Å²) in [6.07, 6.45) is 6.30. The molecule has 1 saturated heterocycles. The van der Waals surface area contributed by atoms with E-state index in [0.717, 1.165) is 56.3 Å². The van der Waals surface area contributed by atoms with E-state index in [1.54, 1.807) is 0 Å². The molecule has 1 aliphatic heterocycles. The normalized spacial score (nSPS) is 19.0. The van der Waals surface area contributed by atoms with E-state index in [9.17, 15) is 5.11 Å². The Bertz CT molecular complexity index is 1050. The van der Waals surface area contributed by atoms with Crippen LogP contribution < -0.4 is 9.47 Å². The van der Waals surface area contributed by atoms with E-state index in [4.69, 9.17) is 9.47 Å². The zero-order valence-corrected chi connectivity index (χ0v) is 21.3. The van der Waals surface area contributed by atoms with Crippen LogP contribution in [0.3, 0.4) is 0 Å². The molecule has 0 saturated carbocycles. The number of imidazole rings is 1. The lowest BCUT2D eigenvalue weighted by Gasteiger charge is -2.27. The minimum atomic E-state index is -0.776. The van der Waals surface area contributed by atoms with E-state index >= 15 is 0 Å². The van der Waals surface area contributed by atoms with Gasteiger partial charge in [0, 0.05) is 31.4 Å². The number of aryl methyl sites for hydroxylation is 1. The van der Waals surface area contributed by atoms with Crippen molar-refractivity contribution in [2.75, 3.05) is 26.3 Å². The Balaban J connectivity index is 1.22. The maximum atomic E-state index is 11.1. The Labute approximate surface area is 209 Å². The highest BCUT2D eigenvalue weighted by atomic mass is 16.5. The van der Waals surface area contributed by atoms with E-state index in [1.165, 1.54) is 11.1 Å². The number of hydrogen-bond donors (Lipinski definition) is 1. The second-order valence-corrected chi connectivity index (χ2v) is 10.1. The van der Waals surface area contributed by atoms with Crippen LogP contribution in [0, 0.1) is 6.92 Å². The van der Waals surface area contributed by atoms with Gasteiger partial charge in [0.1, 0.15) is 30.5 Å². The van der Waals surface area contributed by atoms with E-state index < -0.39 is 5.60 Å². The van der Waals surface area contributed by atoms with Gasteiger partial charge in [-0.1, -0.05) is 43.7 Å². The van der Waals surface area contributed by atoms with Crippen molar-refractivity contribution < 1.29 is 14.6 Å². The molecule has 1 aromatic heterocycles. The molecule has 6 nitrogen and oxygen atoms in total. The highest BCUT2D eigenvalue weighted by molar-refractivity contribution is 5.27. The molecule has 2 heterocycles. The summed E-state index contributed by atoms with van der Waals surface area (Å²) in [4.78, 5) is 6.85. The van der Waals surface area contributed by atoms with Gasteiger partial charge in [-0.2, -0.15) is 0 Å². The molecule has 1 atom stereocenters. The Morgan fingerprint density at radius 3 is 2.43 bits per heavy atom. The molecule has 0 amide bonds. The highest BCUT2D eigenvalue weighted by Crippen LogP contribution is 2.25. The molecule has 1 aliphatic rings. The molecule has 0 unspecified atom stereocenters. The van der Waals surface area contributed by atoms with Gasteiger partial charge in [0.2, 0.25) is 0 Å². The number of hydrogen-bond acceptors (Lipinski definition) is 5. The fourth-order valence-electron chi connectivity index (χ4n) is 4.61. The highest BCUT2D eigenvalue weighted by Gasteiger charge is 2.31. The van der Waals surface area contributed by atoms with Crippen molar-refractivity contribution in [3.05, 3.63) is 77.9 Å². The van der Waals surface area contributed by atoms with Crippen LogP contribution >= 0.6 is 0 Å². The third kappa shape index (κ3) is 7.33. The largest absolute Gasteiger partial charge is 0.492 e. The number of benzene rings is 2. The van der Waals surface area contributed by atoms with Gasteiger partial charge >= 0.3 is 0 Å². The van der Waals surface area contributed by atoms with Gasteiger partial charge in [-0.05, 0) is 62.6 Å². The zero-order valence-electron chi connectivity index (χ0n) is 21.3. The summed E-state index contributed by atoms with van der Waals surface area (Å²) in [7, 11) is 0. The summed E-state index contributed by atoms with van der Waals surface area (Å²) in [5, 5.41) is 11.1. The van der Waals surface area contributed by atoms with E-state index in [2.05, 4.69) is 59.5 Å². The average Bonchev–Trinajstić information content (AvgIpc) is 3.24. The maximum absolute atomic E-state index is 11.1. The summed E-state index contributed by atoms with van der Waals surface area (Å²) < 4.78 is 14.0. The van der Waals surface area contributed by atoms with Gasteiger partial charge in [-0.3, -0.25) is 4.90 Å². The first kappa shape index (κ1) is 25.3. The molecule has 188 valence electrons. The minimum absolute atomic E-state index is 0.341. The quantitative estimate of drug-likeness (QED) is 0.435. The van der Waals surface area contributed by atoms with Crippen molar-refractivity contribution >= 4 is 0 Å². The van der Waals surface area contributed by atoms with Gasteiger partial charge < -0.3 is 19.1 Å². The Morgan fingerprint density at radius 1 is 0.971 bits per heavy atom. The molecular formula is C29H39N3O3. The van der Waals surface area contributed by atoms with Crippen molar-refractivity contribution in [1.29, 1.82) is 0 Å². The lowest BCUT2D eigenvalue weighted by Crippen LogP contribution is -2.37. The smallest absolute Gasteiger partial charge is 0.119 e. The SMILES string of the molecule is Cc1ccc(OC[C@]2(O)CCCN(Cc3ccc(OCCn4ccnc4C(C)C)cc3)CC2)cc1. The summed E-state index contributed by atoms with van der Waals surface area (Å²) in [6, 6.07) is 16.4. The predicted octanol–water partition coefficient (Wildman–Crippen LogP) is 5.19. The van der Waals surface area contributed by atoms with Crippen molar-refractivity contribution in [2.45, 2.75) is 64.6 Å². The number of ether oxygens (including phenoxy) is 2. The van der Waals surface area contributed by atoms with Crippen molar-refractivity contribution in [3.63, 3.8) is 0 Å². The van der Waals surface area contributed by atoms with E-state index in [-0.39, 0.29) is 0 Å². The Morgan fingerprint density at radius 2 is 1.69 bits per heavy atom. The first-order valence-electron chi connectivity index (χ1n) is 12.8. The number of nitrogens with zero attached hydrogens (tertiary/aromatic N) is 3. The molecule has 0 bridgehead atoms. The lowest BCUT2D eigenvalue weighted by atomic mass is 9.96. The molecular weight excluding hydrogens is 438 g/mol. The molecule has 4 rings (SSSR count). The third-order valence-electron chi connectivity index (χ3n) is 6.73. The van der Waals surface area contributed by atoms with Gasteiger partial charge in [0.25, 0.3) is 0 Å².